The maximum absolute atomic E-state index is 6.48. The van der Waals surface area contributed by atoms with E-state index in [0.717, 1.165) is 11.2 Å². The monoisotopic (exact) mass is 466 g/mol. The highest BCUT2D eigenvalue weighted by Crippen LogP contribution is 2.51. The van der Waals surface area contributed by atoms with Crippen LogP contribution in [0.25, 0.3) is 64.4 Å². The van der Waals surface area contributed by atoms with Gasteiger partial charge in [-0.1, -0.05) is 74.5 Å². The summed E-state index contributed by atoms with van der Waals surface area (Å²) in [5.74, 6) is 0. The van der Waals surface area contributed by atoms with Gasteiger partial charge in [-0.2, -0.15) is 0 Å². The van der Waals surface area contributed by atoms with Gasteiger partial charge in [-0.25, -0.2) is 0 Å². The quantitative estimate of drug-likeness (QED) is 0.235. The Hall–Kier alpha value is -3.88. The van der Waals surface area contributed by atoms with Crippen molar-refractivity contribution in [2.75, 3.05) is 0 Å². The number of fused-ring (bicyclic) bond motifs is 9. The van der Waals surface area contributed by atoms with Gasteiger partial charge in [-0.15, -0.1) is 11.3 Å². The molecule has 2 aromatic heterocycles. The molecule has 0 N–H and O–H groups in total. The van der Waals surface area contributed by atoms with Crippen LogP contribution in [0.4, 0.5) is 0 Å². The molecule has 7 aromatic rings. The Balaban J connectivity index is 1.43. The van der Waals surface area contributed by atoms with E-state index in [9.17, 15) is 0 Å². The first-order valence-electron chi connectivity index (χ1n) is 12.1. The molecular formula is C33H22OS. The average molecular weight is 467 g/mol. The van der Waals surface area contributed by atoms with E-state index in [1.165, 1.54) is 64.3 Å². The molecule has 0 spiro atoms. The second-order valence-electron chi connectivity index (χ2n) is 10.2. The van der Waals surface area contributed by atoms with Crippen molar-refractivity contribution in [2.45, 2.75) is 19.3 Å². The lowest BCUT2D eigenvalue weighted by Crippen LogP contribution is -2.14. The second-order valence-corrected chi connectivity index (χ2v) is 11.2. The fourth-order valence-electron chi connectivity index (χ4n) is 6.15. The Bertz CT molecular complexity index is 1980. The van der Waals surface area contributed by atoms with Crippen molar-refractivity contribution in [3.05, 3.63) is 108 Å². The maximum Gasteiger partial charge on any atom is 0.136 e. The number of rotatable bonds is 1. The molecule has 8 rings (SSSR count). The first-order chi connectivity index (χ1) is 17.1. The number of benzene rings is 5. The Labute approximate surface area is 207 Å². The summed E-state index contributed by atoms with van der Waals surface area (Å²) >= 11 is 1.86. The van der Waals surface area contributed by atoms with E-state index in [4.69, 9.17) is 4.42 Å². The molecule has 2 heterocycles. The van der Waals surface area contributed by atoms with E-state index >= 15 is 0 Å². The van der Waals surface area contributed by atoms with Crippen LogP contribution in [0.15, 0.2) is 101 Å². The van der Waals surface area contributed by atoms with Crippen LogP contribution < -0.4 is 0 Å². The Kier molecular flexibility index (Phi) is 3.67. The van der Waals surface area contributed by atoms with Crippen molar-refractivity contribution in [1.82, 2.24) is 0 Å². The summed E-state index contributed by atoms with van der Waals surface area (Å²) in [4.78, 5) is 0. The number of hydrogen-bond acceptors (Lipinski definition) is 2. The lowest BCUT2D eigenvalue weighted by atomic mass is 9.82. The van der Waals surface area contributed by atoms with Gasteiger partial charge in [-0.05, 0) is 69.8 Å². The third kappa shape index (κ3) is 2.53. The third-order valence-corrected chi connectivity index (χ3v) is 9.04. The normalized spacial score (nSPS) is 14.2. The van der Waals surface area contributed by atoms with Gasteiger partial charge in [-0.3, -0.25) is 0 Å². The number of thiophene rings is 1. The SMILES string of the molecule is CC1(C)c2ccccc2-c2cc3c(cc21)oc1cccc(-c2ccc4sc5ccccc5c4c2)c13. The molecule has 0 aliphatic heterocycles. The minimum atomic E-state index is -0.0348. The molecule has 5 aromatic carbocycles. The van der Waals surface area contributed by atoms with Gasteiger partial charge in [0, 0.05) is 36.4 Å². The van der Waals surface area contributed by atoms with Crippen molar-refractivity contribution in [2.24, 2.45) is 0 Å². The fourth-order valence-corrected chi connectivity index (χ4v) is 7.24. The van der Waals surface area contributed by atoms with E-state index < -0.39 is 0 Å². The second kappa shape index (κ2) is 6.62. The summed E-state index contributed by atoms with van der Waals surface area (Å²) < 4.78 is 9.14. The van der Waals surface area contributed by atoms with Crippen molar-refractivity contribution in [3.8, 4) is 22.3 Å². The Morgan fingerprint density at radius 3 is 2.31 bits per heavy atom. The van der Waals surface area contributed by atoms with Crippen LogP contribution in [0.3, 0.4) is 0 Å². The van der Waals surface area contributed by atoms with E-state index in [0.29, 0.717) is 0 Å². The van der Waals surface area contributed by atoms with Gasteiger partial charge in [0.05, 0.1) is 0 Å². The topological polar surface area (TPSA) is 13.1 Å². The lowest BCUT2D eigenvalue weighted by Gasteiger charge is -2.21. The first kappa shape index (κ1) is 19.4. The summed E-state index contributed by atoms with van der Waals surface area (Å²) in [5.41, 5.74) is 9.74. The van der Waals surface area contributed by atoms with Crippen LogP contribution in [0.5, 0.6) is 0 Å². The van der Waals surface area contributed by atoms with Crippen molar-refractivity contribution in [3.63, 3.8) is 0 Å². The van der Waals surface area contributed by atoms with Crippen LogP contribution in [0.2, 0.25) is 0 Å². The molecule has 0 amide bonds. The number of hydrogen-bond donors (Lipinski definition) is 0. The molecule has 0 saturated carbocycles. The third-order valence-electron chi connectivity index (χ3n) is 7.89. The summed E-state index contributed by atoms with van der Waals surface area (Å²) in [6.07, 6.45) is 0. The summed E-state index contributed by atoms with van der Waals surface area (Å²) in [5, 5.41) is 5.04. The molecule has 0 atom stereocenters. The van der Waals surface area contributed by atoms with Crippen LogP contribution in [0.1, 0.15) is 25.0 Å². The molecule has 1 aliphatic rings. The molecule has 35 heavy (non-hydrogen) atoms. The standard InChI is InChI=1S/C33H22OS/c1-33(2)26-11-5-3-8-21(26)23-17-25-29(18-27(23)33)34-28-12-7-10-20(32(25)28)19-14-15-31-24(16-19)22-9-4-6-13-30(22)35-31/h3-18H,1-2H3. The van der Waals surface area contributed by atoms with Gasteiger partial charge in [0.15, 0.2) is 0 Å². The maximum atomic E-state index is 6.48. The predicted octanol–water partition coefficient (Wildman–Crippen LogP) is 9.93. The van der Waals surface area contributed by atoms with Crippen molar-refractivity contribution in [1.29, 1.82) is 0 Å². The first-order valence-corrected chi connectivity index (χ1v) is 12.9. The van der Waals surface area contributed by atoms with Crippen LogP contribution in [0, 0.1) is 0 Å². The van der Waals surface area contributed by atoms with E-state index in [-0.39, 0.29) is 5.41 Å². The van der Waals surface area contributed by atoms with Gasteiger partial charge in [0.25, 0.3) is 0 Å². The van der Waals surface area contributed by atoms with E-state index in [1.54, 1.807) is 0 Å². The molecule has 0 bridgehead atoms. The highest BCUT2D eigenvalue weighted by atomic mass is 32.1. The van der Waals surface area contributed by atoms with Crippen LogP contribution in [-0.4, -0.2) is 0 Å². The van der Waals surface area contributed by atoms with E-state index in [1.807, 2.05) is 11.3 Å². The van der Waals surface area contributed by atoms with E-state index in [2.05, 4.69) is 111 Å². The summed E-state index contributed by atoms with van der Waals surface area (Å²) in [6, 6.07) is 35.5. The molecular weight excluding hydrogens is 444 g/mol. The zero-order valence-corrected chi connectivity index (χ0v) is 20.4. The summed E-state index contributed by atoms with van der Waals surface area (Å²) in [7, 11) is 0. The average Bonchev–Trinajstić information content (AvgIpc) is 3.51. The fraction of sp³-hybridized carbons (Fsp3) is 0.0909. The largest absolute Gasteiger partial charge is 0.456 e. The lowest BCUT2D eigenvalue weighted by molar-refractivity contribution is 0.647. The Morgan fingerprint density at radius 1 is 0.571 bits per heavy atom. The number of furan rings is 1. The van der Waals surface area contributed by atoms with Crippen molar-refractivity contribution < 1.29 is 4.42 Å². The smallest absolute Gasteiger partial charge is 0.136 e. The van der Waals surface area contributed by atoms with Gasteiger partial charge in [0.2, 0.25) is 0 Å². The van der Waals surface area contributed by atoms with Gasteiger partial charge < -0.3 is 4.42 Å². The zero-order valence-electron chi connectivity index (χ0n) is 19.6. The molecule has 0 saturated heterocycles. The zero-order chi connectivity index (χ0) is 23.3. The molecule has 0 unspecified atom stereocenters. The highest BCUT2D eigenvalue weighted by Gasteiger charge is 2.36. The minimum Gasteiger partial charge on any atom is -0.456 e. The molecule has 0 radical (unpaired) electrons. The Morgan fingerprint density at radius 2 is 1.37 bits per heavy atom. The molecule has 2 heteroatoms. The van der Waals surface area contributed by atoms with Gasteiger partial charge >= 0.3 is 0 Å². The van der Waals surface area contributed by atoms with Crippen LogP contribution >= 0.6 is 11.3 Å². The van der Waals surface area contributed by atoms with Gasteiger partial charge in [0.1, 0.15) is 11.2 Å². The molecule has 166 valence electrons. The van der Waals surface area contributed by atoms with Crippen LogP contribution in [-0.2, 0) is 5.41 Å². The molecule has 0 fully saturated rings. The molecule has 1 aliphatic carbocycles. The highest BCUT2D eigenvalue weighted by molar-refractivity contribution is 7.25. The predicted molar refractivity (Wildman–Crippen MR) is 150 cm³/mol. The van der Waals surface area contributed by atoms with Crippen molar-refractivity contribution >= 4 is 53.4 Å². The minimum absolute atomic E-state index is 0.0348. The summed E-state index contributed by atoms with van der Waals surface area (Å²) in [6.45, 7) is 4.63. The molecule has 1 nitrogen and oxygen atoms in total.